The molecule has 5 N–H and O–H groups in total. The zero-order chi connectivity index (χ0) is 31.0. The minimum Gasteiger partial charge on any atom is -0.479 e. The van der Waals surface area contributed by atoms with Gasteiger partial charge in [0, 0.05) is 19.0 Å². The lowest BCUT2D eigenvalue weighted by Crippen LogP contribution is -2.46. The molecule has 1 aromatic carbocycles. The number of imidazole rings is 1. The van der Waals surface area contributed by atoms with Gasteiger partial charge < -0.3 is 35.0 Å². The van der Waals surface area contributed by atoms with Crippen LogP contribution in [0.4, 0.5) is 13.2 Å². The first-order chi connectivity index (χ1) is 18.9. The molecule has 4 atom stereocenters. The number of rotatable bonds is 5. The van der Waals surface area contributed by atoms with Gasteiger partial charge in [-0.2, -0.15) is 23.5 Å². The first-order valence-corrected chi connectivity index (χ1v) is 11.8. The van der Waals surface area contributed by atoms with E-state index in [1.165, 1.54) is 20.3 Å². The van der Waals surface area contributed by atoms with Crippen LogP contribution in [0.2, 0.25) is 0 Å². The van der Waals surface area contributed by atoms with Crippen molar-refractivity contribution >= 4 is 28.7 Å². The van der Waals surface area contributed by atoms with Gasteiger partial charge in [0.1, 0.15) is 5.69 Å². The first-order valence-electron chi connectivity index (χ1n) is 11.8. The zero-order valence-corrected chi connectivity index (χ0v) is 21.7. The van der Waals surface area contributed by atoms with Crippen molar-refractivity contribution < 1.29 is 53.1 Å². The lowest BCUT2D eigenvalue weighted by Gasteiger charge is -2.36. The molecule has 1 aliphatic heterocycles. The Balaban J connectivity index is 0.000000397. The third-order valence-electron chi connectivity index (χ3n) is 6.40. The van der Waals surface area contributed by atoms with Gasteiger partial charge in [-0.25, -0.2) is 14.6 Å². The number of nitriles is 1. The molecule has 220 valence electrons. The summed E-state index contributed by atoms with van der Waals surface area (Å²) in [6, 6.07) is 6.33. The summed E-state index contributed by atoms with van der Waals surface area (Å²) in [5.74, 6) is -4.37. The molecule has 3 heterocycles. The second-order valence-corrected chi connectivity index (χ2v) is 9.43. The molecule has 3 aromatic rings. The Hall–Kier alpha value is -4.53. The van der Waals surface area contributed by atoms with Gasteiger partial charge in [0.15, 0.2) is 18.0 Å². The Bertz CT molecular complexity index is 1520. The van der Waals surface area contributed by atoms with Crippen LogP contribution in [0.3, 0.4) is 0 Å². The highest BCUT2D eigenvalue weighted by atomic mass is 19.4. The van der Waals surface area contributed by atoms with E-state index in [1.807, 2.05) is 6.07 Å². The summed E-state index contributed by atoms with van der Waals surface area (Å²) in [5, 5.41) is 56.6. The molecule has 0 bridgehead atoms. The molecule has 2 aromatic heterocycles. The number of aliphatic hydroxyl groups excluding tert-OH is 2. The smallest absolute Gasteiger partial charge is 0.424 e. The van der Waals surface area contributed by atoms with Crippen molar-refractivity contribution in [3.05, 3.63) is 47.2 Å². The molecule has 41 heavy (non-hydrogen) atoms. The normalized spacial score (nSPS) is 17.9. The van der Waals surface area contributed by atoms with Gasteiger partial charge in [0.25, 0.3) is 5.91 Å². The molecule has 0 saturated heterocycles. The molecule has 17 heteroatoms. The summed E-state index contributed by atoms with van der Waals surface area (Å²) < 4.78 is 42.8. The number of hydrogen-bond donors (Lipinski definition) is 5. The number of aryl methyl sites for hydroxylation is 1. The number of halogens is 3. The van der Waals surface area contributed by atoms with Crippen LogP contribution >= 0.6 is 0 Å². The van der Waals surface area contributed by atoms with E-state index in [0.717, 1.165) is 0 Å². The lowest BCUT2D eigenvalue weighted by atomic mass is 10.0. The molecule has 0 spiro atoms. The number of aliphatic hydroxyl groups is 3. The number of fused-ring (bicyclic) bond motifs is 2. The number of aromatic nitrogens is 4. The van der Waals surface area contributed by atoms with Crippen molar-refractivity contribution in [2.75, 3.05) is 6.54 Å². The van der Waals surface area contributed by atoms with Crippen LogP contribution in [0.1, 0.15) is 47.5 Å². The van der Waals surface area contributed by atoms with Crippen LogP contribution < -0.4 is 0 Å². The van der Waals surface area contributed by atoms with Crippen LogP contribution in [-0.2, 0) is 28.8 Å². The number of carboxylic acids is 2. The summed E-state index contributed by atoms with van der Waals surface area (Å²) in [4.78, 5) is 38.2. The van der Waals surface area contributed by atoms with Crippen molar-refractivity contribution in [1.82, 2.24) is 24.2 Å². The van der Waals surface area contributed by atoms with Gasteiger partial charge in [-0.05, 0) is 32.0 Å². The quantitative estimate of drug-likeness (QED) is 0.279. The molecule has 1 amide bonds. The summed E-state index contributed by atoms with van der Waals surface area (Å²) in [5.41, 5.74) is -1.47. The summed E-state index contributed by atoms with van der Waals surface area (Å²) in [7, 11) is 1.62. The highest BCUT2D eigenvalue weighted by molar-refractivity contribution is 6.05. The van der Waals surface area contributed by atoms with Gasteiger partial charge >= 0.3 is 18.1 Å². The summed E-state index contributed by atoms with van der Waals surface area (Å²) >= 11 is 0. The highest BCUT2D eigenvalue weighted by Gasteiger charge is 2.55. The largest absolute Gasteiger partial charge is 0.479 e. The first kappa shape index (κ1) is 31.0. The third kappa shape index (κ3) is 5.84. The fourth-order valence-corrected chi connectivity index (χ4v) is 4.25. The van der Waals surface area contributed by atoms with Crippen LogP contribution in [0.25, 0.3) is 10.9 Å². The van der Waals surface area contributed by atoms with Crippen molar-refractivity contribution in [3.8, 4) is 6.07 Å². The Morgan fingerprint density at radius 3 is 2.24 bits per heavy atom. The molecule has 0 saturated carbocycles. The van der Waals surface area contributed by atoms with Crippen molar-refractivity contribution in [2.24, 2.45) is 7.05 Å². The molecule has 4 rings (SSSR count). The van der Waals surface area contributed by atoms with E-state index < -0.39 is 47.8 Å². The van der Waals surface area contributed by atoms with Crippen molar-refractivity contribution in [3.63, 3.8) is 0 Å². The average Bonchev–Trinajstić information content (AvgIpc) is 3.47. The third-order valence-corrected chi connectivity index (χ3v) is 6.40. The zero-order valence-electron chi connectivity index (χ0n) is 21.7. The number of amides is 1. The van der Waals surface area contributed by atoms with E-state index in [1.54, 1.807) is 32.2 Å². The van der Waals surface area contributed by atoms with E-state index in [-0.39, 0.29) is 19.0 Å². The second-order valence-electron chi connectivity index (χ2n) is 9.43. The van der Waals surface area contributed by atoms with Crippen LogP contribution in [0.5, 0.6) is 0 Å². The van der Waals surface area contributed by atoms with Crippen LogP contribution in [0, 0.1) is 11.3 Å². The number of aliphatic carboxylic acids is 2. The number of carbonyl (C=O) groups is 3. The Labute approximate surface area is 229 Å². The Morgan fingerprint density at radius 1 is 1.15 bits per heavy atom. The highest BCUT2D eigenvalue weighted by Crippen LogP contribution is 2.40. The SMILES string of the molecule is C[C@H]1CN(C(=O)c2c3ccc(C#N)cc3nn2C)Cc2cnc(C(C)(O)C(F)(F)F)n21.O=C(O)C(O)C(O)C(=O)O. The monoisotopic (exact) mass is 582 g/mol. The average molecular weight is 582 g/mol. The van der Waals surface area contributed by atoms with E-state index in [9.17, 15) is 32.7 Å². The number of nitrogens with zero attached hydrogens (tertiary/aromatic N) is 6. The maximum absolute atomic E-state index is 13.3. The number of hydrogen-bond acceptors (Lipinski definition) is 9. The van der Waals surface area contributed by atoms with Gasteiger partial charge in [-0.3, -0.25) is 9.48 Å². The minimum absolute atomic E-state index is 0.0348. The predicted octanol–water partition coefficient (Wildman–Crippen LogP) is 0.506. The maximum atomic E-state index is 13.3. The number of benzene rings is 1. The van der Waals surface area contributed by atoms with Crippen LogP contribution in [-0.4, -0.2) is 92.5 Å². The fraction of sp³-hybridized carbons (Fsp3) is 0.417. The van der Waals surface area contributed by atoms with Gasteiger partial charge in [0.2, 0.25) is 5.60 Å². The predicted molar refractivity (Wildman–Crippen MR) is 130 cm³/mol. The number of alkyl halides is 3. The minimum atomic E-state index is -4.89. The van der Waals surface area contributed by atoms with Gasteiger partial charge in [-0.1, -0.05) is 0 Å². The molecule has 0 radical (unpaired) electrons. The molecular weight excluding hydrogens is 557 g/mol. The van der Waals surface area contributed by atoms with Crippen LogP contribution in [0.15, 0.2) is 24.4 Å². The molecule has 0 fully saturated rings. The van der Waals surface area contributed by atoms with Crippen molar-refractivity contribution in [1.29, 1.82) is 5.26 Å². The van der Waals surface area contributed by atoms with E-state index in [0.29, 0.717) is 34.8 Å². The van der Waals surface area contributed by atoms with Gasteiger partial charge in [-0.15, -0.1) is 0 Å². The topological polar surface area (TPSA) is 215 Å². The van der Waals surface area contributed by atoms with E-state index in [2.05, 4.69) is 10.1 Å². The molecular formula is C24H25F3N6O8. The molecule has 1 aliphatic rings. The van der Waals surface area contributed by atoms with E-state index >= 15 is 0 Å². The molecule has 0 aliphatic carbocycles. The number of carbonyl (C=O) groups excluding carboxylic acids is 1. The maximum Gasteiger partial charge on any atom is 0.424 e. The van der Waals surface area contributed by atoms with Gasteiger partial charge in [0.05, 0.1) is 41.6 Å². The lowest BCUT2D eigenvalue weighted by molar-refractivity contribution is -0.263. The van der Waals surface area contributed by atoms with Crippen molar-refractivity contribution in [2.45, 2.75) is 50.4 Å². The number of carboxylic acid groups (broad SMARTS) is 2. The summed E-state index contributed by atoms with van der Waals surface area (Å²) in [6.07, 6.45) is -8.17. The fourth-order valence-electron chi connectivity index (χ4n) is 4.25. The molecule has 14 nitrogen and oxygen atoms in total. The summed E-state index contributed by atoms with van der Waals surface area (Å²) in [6.45, 7) is 2.50. The Morgan fingerprint density at radius 2 is 1.73 bits per heavy atom. The standard InChI is InChI=1S/C20H19F3N6O2.C4H6O6/c1-11-9-28(10-13-8-25-18(29(11)13)19(2,31)20(21,22)23)17(30)16-14-5-4-12(7-24)6-15(14)26-27(16)3;5-1(3(7)8)2(6)4(9)10/h4-6,8,11,31H,9-10H2,1-3H3;1-2,5-6H,(H,7,8)(H,9,10)/t11-,19?;/m0./s1. The Kier molecular flexibility index (Phi) is 8.43. The second kappa shape index (κ2) is 11.2. The van der Waals surface area contributed by atoms with E-state index in [4.69, 9.17) is 25.7 Å². The molecule has 3 unspecified atom stereocenters.